The lowest BCUT2D eigenvalue weighted by Crippen LogP contribution is -2.21. The summed E-state index contributed by atoms with van der Waals surface area (Å²) in [6.45, 7) is 8.14. The number of hydrogen-bond donors (Lipinski definition) is 2. The number of rotatable bonds is 8. The van der Waals surface area contributed by atoms with Crippen LogP contribution in [0.5, 0.6) is 5.88 Å². The first-order valence-electron chi connectivity index (χ1n) is 10.8. The van der Waals surface area contributed by atoms with Crippen molar-refractivity contribution < 1.29 is 22.7 Å². The van der Waals surface area contributed by atoms with Crippen LogP contribution >= 0.6 is 0 Å². The van der Waals surface area contributed by atoms with Gasteiger partial charge < -0.3 is 15.8 Å². The van der Waals surface area contributed by atoms with E-state index < -0.39 is 23.3 Å². The number of amides is 1. The van der Waals surface area contributed by atoms with Crippen LogP contribution in [0.3, 0.4) is 0 Å². The van der Waals surface area contributed by atoms with Crippen molar-refractivity contribution in [2.45, 2.75) is 19.0 Å². The number of carbonyl (C=O) groups is 1. The Hall–Kier alpha value is -4.50. The third-order valence-corrected chi connectivity index (χ3v) is 5.21. The minimum atomic E-state index is -4.90. The van der Waals surface area contributed by atoms with E-state index in [9.17, 15) is 18.0 Å². The van der Waals surface area contributed by atoms with Gasteiger partial charge in [0.2, 0.25) is 11.6 Å². The third kappa shape index (κ3) is 5.11. The minimum Gasteiger partial charge on any atom is -0.486 e. The van der Waals surface area contributed by atoms with Gasteiger partial charge in [0.1, 0.15) is 0 Å². The van der Waals surface area contributed by atoms with Gasteiger partial charge in [-0.3, -0.25) is 9.78 Å². The number of carbonyl (C=O) groups excluding carboxylic acids is 1. The van der Waals surface area contributed by atoms with E-state index in [4.69, 9.17) is 17.0 Å². The van der Waals surface area contributed by atoms with Crippen LogP contribution in [0, 0.1) is 6.57 Å². The summed E-state index contributed by atoms with van der Waals surface area (Å²) in [7, 11) is 0. The number of fused-ring (bicyclic) bond motifs is 1. The number of alkyl halides is 3. The van der Waals surface area contributed by atoms with E-state index in [1.165, 1.54) is 24.7 Å². The van der Waals surface area contributed by atoms with Gasteiger partial charge in [-0.1, -0.05) is 24.3 Å². The molecule has 12 heteroatoms. The molecule has 9 nitrogen and oxygen atoms in total. The molecule has 4 aromatic rings. The number of hydrogen-bond acceptors (Lipinski definition) is 6. The smallest absolute Gasteiger partial charge is 0.434 e. The fourth-order valence-electron chi connectivity index (χ4n) is 3.55. The second-order valence-corrected chi connectivity index (χ2v) is 7.65. The number of unbranched alkanes of at least 4 members (excludes halogenated alkanes) is 1. The first-order valence-corrected chi connectivity index (χ1v) is 10.8. The number of ether oxygens (including phenoxy) is 1. The lowest BCUT2D eigenvalue weighted by Gasteiger charge is -2.14. The Morgan fingerprint density at radius 2 is 1.97 bits per heavy atom. The quantitative estimate of drug-likeness (QED) is 0.269. The van der Waals surface area contributed by atoms with Gasteiger partial charge in [-0.05, 0) is 25.5 Å². The zero-order valence-corrected chi connectivity index (χ0v) is 18.8. The molecule has 0 saturated carbocycles. The van der Waals surface area contributed by atoms with Gasteiger partial charge in [-0.2, -0.15) is 18.3 Å². The summed E-state index contributed by atoms with van der Waals surface area (Å²) in [6, 6.07) is 8.06. The topological polar surface area (TPSA) is 112 Å². The normalized spacial score (nSPS) is 11.3. The Morgan fingerprint density at radius 1 is 1.17 bits per heavy atom. The molecular weight excluding hydrogens is 475 g/mol. The summed E-state index contributed by atoms with van der Waals surface area (Å²) in [5, 5.41) is 7.34. The zero-order chi connectivity index (χ0) is 25.7. The van der Waals surface area contributed by atoms with E-state index in [1.54, 1.807) is 24.3 Å². The van der Waals surface area contributed by atoms with Crippen LogP contribution in [0.4, 0.5) is 24.5 Å². The average Bonchev–Trinajstić information content (AvgIpc) is 3.33. The van der Waals surface area contributed by atoms with Crippen LogP contribution < -0.4 is 15.8 Å². The number of anilines is 1. The fraction of sp³-hybridized carbons (Fsp3) is 0.208. The Kier molecular flexibility index (Phi) is 7.12. The molecule has 0 spiro atoms. The van der Waals surface area contributed by atoms with Gasteiger partial charge in [0.25, 0.3) is 5.91 Å². The van der Waals surface area contributed by atoms with Crippen molar-refractivity contribution in [2.24, 2.45) is 5.73 Å². The van der Waals surface area contributed by atoms with Crippen molar-refractivity contribution in [2.75, 3.05) is 18.5 Å². The number of benzene rings is 1. The molecular formula is C24H20F3N7O2. The van der Waals surface area contributed by atoms with Crippen molar-refractivity contribution in [3.05, 3.63) is 77.8 Å². The van der Waals surface area contributed by atoms with Crippen LogP contribution in [0.15, 0.2) is 55.1 Å². The van der Waals surface area contributed by atoms with Gasteiger partial charge >= 0.3 is 6.18 Å². The zero-order valence-electron chi connectivity index (χ0n) is 18.8. The van der Waals surface area contributed by atoms with Crippen molar-refractivity contribution in [3.8, 4) is 11.6 Å². The van der Waals surface area contributed by atoms with Crippen LogP contribution in [0.2, 0.25) is 0 Å². The molecule has 0 saturated heterocycles. The van der Waals surface area contributed by atoms with E-state index in [0.717, 1.165) is 12.6 Å². The molecule has 0 aliphatic heterocycles. The predicted molar refractivity (Wildman–Crippen MR) is 126 cm³/mol. The Labute approximate surface area is 203 Å². The third-order valence-electron chi connectivity index (χ3n) is 5.21. The number of aromatic nitrogens is 4. The van der Waals surface area contributed by atoms with Crippen LogP contribution in [-0.2, 0) is 6.18 Å². The summed E-state index contributed by atoms with van der Waals surface area (Å²) in [5.41, 5.74) is 3.61. The molecule has 0 aliphatic rings. The van der Waals surface area contributed by atoms with E-state index in [-0.39, 0.29) is 22.9 Å². The first-order chi connectivity index (χ1) is 17.3. The minimum absolute atomic E-state index is 0.00844. The van der Waals surface area contributed by atoms with Gasteiger partial charge in [0.05, 0.1) is 43.0 Å². The van der Waals surface area contributed by atoms with E-state index in [0.29, 0.717) is 35.0 Å². The number of nitrogens with two attached hydrogens (primary N) is 1. The maximum Gasteiger partial charge on any atom is 0.434 e. The SMILES string of the molecule is [C-]#[N+]c1cc(NC(=O)c2cnn(-c3cncc4ccccc34)c2C(F)(F)F)cnc1OCCCCN. The van der Waals surface area contributed by atoms with E-state index in [2.05, 4.69) is 25.2 Å². The lowest BCUT2D eigenvalue weighted by molar-refractivity contribution is -0.143. The highest BCUT2D eigenvalue weighted by atomic mass is 19.4. The highest BCUT2D eigenvalue weighted by molar-refractivity contribution is 6.05. The largest absolute Gasteiger partial charge is 0.486 e. The Morgan fingerprint density at radius 3 is 2.72 bits per heavy atom. The summed E-state index contributed by atoms with van der Waals surface area (Å²) in [5.74, 6) is -0.997. The standard InChI is InChI=1S/C24H20F3N7O2/c1-29-19-10-16(12-31-23(19)36-9-5-4-8-28)33-22(35)18-13-32-34(21(18)24(25,26)27)20-14-30-11-15-6-2-3-7-17(15)20/h2-3,6-7,10-14H,4-5,8-9,28H2,(H,33,35). The Balaban J connectivity index is 1.65. The Bertz CT molecular complexity index is 1440. The average molecular weight is 495 g/mol. The van der Waals surface area contributed by atoms with Gasteiger partial charge in [0, 0.05) is 22.7 Å². The van der Waals surface area contributed by atoms with Crippen molar-refractivity contribution >= 4 is 28.1 Å². The fourth-order valence-corrected chi connectivity index (χ4v) is 3.55. The lowest BCUT2D eigenvalue weighted by atomic mass is 10.1. The predicted octanol–water partition coefficient (Wildman–Crippen LogP) is 4.76. The molecule has 184 valence electrons. The summed E-state index contributed by atoms with van der Waals surface area (Å²) >= 11 is 0. The van der Waals surface area contributed by atoms with Gasteiger partial charge in [-0.25, -0.2) is 14.5 Å². The first kappa shape index (κ1) is 24.6. The number of pyridine rings is 2. The molecule has 36 heavy (non-hydrogen) atoms. The van der Waals surface area contributed by atoms with Crippen LogP contribution in [-0.4, -0.2) is 38.8 Å². The van der Waals surface area contributed by atoms with Gasteiger partial charge in [-0.15, -0.1) is 0 Å². The van der Waals surface area contributed by atoms with Crippen LogP contribution in [0.25, 0.3) is 21.3 Å². The number of nitrogens with one attached hydrogen (secondary N) is 1. The number of nitrogens with zero attached hydrogens (tertiary/aromatic N) is 5. The molecule has 0 radical (unpaired) electrons. The second-order valence-electron chi connectivity index (χ2n) is 7.65. The molecule has 0 fully saturated rings. The number of halogens is 3. The summed E-state index contributed by atoms with van der Waals surface area (Å²) < 4.78 is 48.5. The second kappa shape index (κ2) is 10.4. The van der Waals surface area contributed by atoms with E-state index in [1.807, 2.05) is 0 Å². The molecule has 0 bridgehead atoms. The molecule has 3 N–H and O–H groups in total. The maximum absolute atomic E-state index is 14.1. The monoisotopic (exact) mass is 495 g/mol. The highest BCUT2D eigenvalue weighted by Gasteiger charge is 2.41. The molecule has 1 amide bonds. The van der Waals surface area contributed by atoms with E-state index >= 15 is 0 Å². The molecule has 1 aromatic carbocycles. The van der Waals surface area contributed by atoms with Crippen molar-refractivity contribution in [1.29, 1.82) is 0 Å². The molecule has 3 heterocycles. The van der Waals surface area contributed by atoms with Crippen molar-refractivity contribution in [3.63, 3.8) is 0 Å². The molecule has 0 aliphatic carbocycles. The maximum atomic E-state index is 14.1. The van der Waals surface area contributed by atoms with Crippen molar-refractivity contribution in [1.82, 2.24) is 19.7 Å². The highest BCUT2D eigenvalue weighted by Crippen LogP contribution is 2.36. The molecule has 3 aromatic heterocycles. The molecule has 0 unspecified atom stereocenters. The van der Waals surface area contributed by atoms with Gasteiger partial charge in [0.15, 0.2) is 5.69 Å². The summed E-state index contributed by atoms with van der Waals surface area (Å²) in [6.07, 6.45) is 1.34. The van der Waals surface area contributed by atoms with Crippen LogP contribution in [0.1, 0.15) is 28.9 Å². The summed E-state index contributed by atoms with van der Waals surface area (Å²) in [4.78, 5) is 24.2. The molecule has 4 rings (SSSR count). The molecule has 0 atom stereocenters.